The lowest BCUT2D eigenvalue weighted by Gasteiger charge is -2.06. The SMILES string of the molecule is CC(=O)C1CCP(C)(=O)N1. The van der Waals surface area contributed by atoms with Crippen LogP contribution in [0.15, 0.2) is 0 Å². The zero-order chi connectivity index (χ0) is 7.78. The van der Waals surface area contributed by atoms with E-state index in [1.807, 2.05) is 0 Å². The van der Waals surface area contributed by atoms with Gasteiger partial charge in [-0.25, -0.2) is 0 Å². The molecule has 1 aliphatic rings. The van der Waals surface area contributed by atoms with Gasteiger partial charge in [-0.15, -0.1) is 0 Å². The van der Waals surface area contributed by atoms with Crippen LogP contribution in [0.3, 0.4) is 0 Å². The number of rotatable bonds is 1. The fraction of sp³-hybridized carbons (Fsp3) is 0.833. The Balaban J connectivity index is 2.60. The molecule has 0 aromatic heterocycles. The predicted molar refractivity (Wildman–Crippen MR) is 40.6 cm³/mol. The van der Waals surface area contributed by atoms with E-state index in [4.69, 9.17) is 0 Å². The Morgan fingerprint density at radius 1 is 1.70 bits per heavy atom. The number of nitrogens with one attached hydrogen (secondary N) is 1. The van der Waals surface area contributed by atoms with E-state index in [9.17, 15) is 9.36 Å². The minimum atomic E-state index is -2.12. The van der Waals surface area contributed by atoms with Crippen molar-refractivity contribution in [3.05, 3.63) is 0 Å². The van der Waals surface area contributed by atoms with E-state index in [1.54, 1.807) is 6.66 Å². The molecule has 0 aromatic carbocycles. The van der Waals surface area contributed by atoms with Gasteiger partial charge in [0.15, 0.2) is 0 Å². The summed E-state index contributed by atoms with van der Waals surface area (Å²) in [6.07, 6.45) is 1.40. The Hall–Kier alpha value is -0.140. The summed E-state index contributed by atoms with van der Waals surface area (Å²) in [5.41, 5.74) is 0. The Morgan fingerprint density at radius 2 is 2.30 bits per heavy atom. The Bertz CT molecular complexity index is 202. The molecule has 0 aromatic rings. The van der Waals surface area contributed by atoms with E-state index in [2.05, 4.69) is 5.09 Å². The zero-order valence-electron chi connectivity index (χ0n) is 6.26. The summed E-state index contributed by atoms with van der Waals surface area (Å²) in [5.74, 6) is 0.0968. The summed E-state index contributed by atoms with van der Waals surface area (Å²) in [4.78, 5) is 10.8. The van der Waals surface area contributed by atoms with Crippen molar-refractivity contribution in [2.45, 2.75) is 19.4 Å². The number of carbonyl (C=O) groups is 1. The van der Waals surface area contributed by atoms with Gasteiger partial charge in [0.1, 0.15) is 13.1 Å². The summed E-state index contributed by atoms with van der Waals surface area (Å²) in [5, 5.41) is 2.84. The predicted octanol–water partition coefficient (Wildman–Crippen LogP) is 0.845. The summed E-state index contributed by atoms with van der Waals surface area (Å²) in [6.45, 7) is 3.22. The van der Waals surface area contributed by atoms with Crippen molar-refractivity contribution < 1.29 is 9.36 Å². The highest BCUT2D eigenvalue weighted by atomic mass is 31.2. The maximum atomic E-state index is 11.3. The van der Waals surface area contributed by atoms with Gasteiger partial charge in [0.2, 0.25) is 0 Å². The monoisotopic (exact) mass is 161 g/mol. The molecule has 0 bridgehead atoms. The smallest absolute Gasteiger partial charge is 0.147 e. The lowest BCUT2D eigenvalue weighted by Crippen LogP contribution is -2.26. The average Bonchev–Trinajstić information content (AvgIpc) is 2.10. The zero-order valence-corrected chi connectivity index (χ0v) is 7.15. The highest BCUT2D eigenvalue weighted by Crippen LogP contribution is 2.43. The Morgan fingerprint density at radius 3 is 2.50 bits per heavy atom. The lowest BCUT2D eigenvalue weighted by molar-refractivity contribution is -0.118. The van der Waals surface area contributed by atoms with Crippen molar-refractivity contribution in [3.63, 3.8) is 0 Å². The molecule has 1 saturated heterocycles. The Kier molecular flexibility index (Phi) is 1.97. The van der Waals surface area contributed by atoms with E-state index >= 15 is 0 Å². The van der Waals surface area contributed by atoms with Crippen LogP contribution in [-0.4, -0.2) is 24.7 Å². The highest BCUT2D eigenvalue weighted by Gasteiger charge is 2.30. The van der Waals surface area contributed by atoms with Crippen molar-refractivity contribution in [3.8, 4) is 0 Å². The van der Waals surface area contributed by atoms with Gasteiger partial charge in [-0.05, 0) is 13.3 Å². The van der Waals surface area contributed by atoms with Gasteiger partial charge in [0, 0.05) is 12.8 Å². The number of hydrogen-bond acceptors (Lipinski definition) is 2. The first kappa shape index (κ1) is 7.96. The molecule has 0 aliphatic carbocycles. The molecule has 1 fully saturated rings. The van der Waals surface area contributed by atoms with Gasteiger partial charge in [-0.1, -0.05) is 0 Å². The van der Waals surface area contributed by atoms with Crippen LogP contribution in [0, 0.1) is 0 Å². The number of hydrogen-bond donors (Lipinski definition) is 1. The third-order valence-corrected chi connectivity index (χ3v) is 3.73. The molecule has 2 atom stereocenters. The van der Waals surface area contributed by atoms with Crippen LogP contribution in [0.25, 0.3) is 0 Å². The number of carbonyl (C=O) groups excluding carboxylic acids is 1. The third-order valence-electron chi connectivity index (χ3n) is 1.76. The molecule has 1 N–H and O–H groups in total. The van der Waals surface area contributed by atoms with Gasteiger partial charge in [-0.2, -0.15) is 0 Å². The van der Waals surface area contributed by atoms with E-state index in [1.165, 1.54) is 6.92 Å². The van der Waals surface area contributed by atoms with Gasteiger partial charge < -0.3 is 4.57 Å². The largest absolute Gasteiger partial charge is 0.307 e. The second-order valence-electron chi connectivity index (χ2n) is 2.91. The van der Waals surface area contributed by atoms with E-state index in [-0.39, 0.29) is 11.8 Å². The van der Waals surface area contributed by atoms with Crippen molar-refractivity contribution in [2.24, 2.45) is 0 Å². The molecule has 1 aliphatic heterocycles. The fourth-order valence-corrected chi connectivity index (χ4v) is 2.98. The van der Waals surface area contributed by atoms with Crippen molar-refractivity contribution in [1.29, 1.82) is 0 Å². The van der Waals surface area contributed by atoms with Gasteiger partial charge in [0.25, 0.3) is 0 Å². The molecule has 0 radical (unpaired) electrons. The first-order valence-electron chi connectivity index (χ1n) is 3.36. The molecule has 58 valence electrons. The van der Waals surface area contributed by atoms with Crippen LogP contribution >= 0.6 is 7.29 Å². The molecule has 4 heteroatoms. The molecule has 0 spiro atoms. The second-order valence-corrected chi connectivity index (χ2v) is 5.81. The fourth-order valence-electron chi connectivity index (χ4n) is 1.13. The topological polar surface area (TPSA) is 46.2 Å². The summed E-state index contributed by atoms with van der Waals surface area (Å²) < 4.78 is 11.3. The molecular formula is C6H12NO2P. The molecule has 1 heterocycles. The van der Waals surface area contributed by atoms with E-state index in [0.717, 1.165) is 6.42 Å². The molecule has 1 rings (SSSR count). The van der Waals surface area contributed by atoms with Crippen molar-refractivity contribution in [2.75, 3.05) is 12.8 Å². The van der Waals surface area contributed by atoms with Crippen LogP contribution < -0.4 is 5.09 Å². The Labute approximate surface area is 60.6 Å². The number of ketones is 1. The third kappa shape index (κ3) is 1.68. The van der Waals surface area contributed by atoms with Gasteiger partial charge >= 0.3 is 0 Å². The number of Topliss-reactive ketones (excluding diaryl/α,β-unsaturated/α-hetero) is 1. The van der Waals surface area contributed by atoms with E-state index in [0.29, 0.717) is 6.16 Å². The van der Waals surface area contributed by atoms with E-state index < -0.39 is 7.29 Å². The maximum Gasteiger partial charge on any atom is 0.147 e. The summed E-state index contributed by atoms with van der Waals surface area (Å²) in [7, 11) is -2.12. The van der Waals surface area contributed by atoms with Gasteiger partial charge in [-0.3, -0.25) is 9.88 Å². The molecule has 10 heavy (non-hydrogen) atoms. The molecule has 3 nitrogen and oxygen atoms in total. The first-order chi connectivity index (χ1) is 4.51. The summed E-state index contributed by atoms with van der Waals surface area (Å²) in [6, 6.07) is -0.143. The maximum absolute atomic E-state index is 11.3. The van der Waals surface area contributed by atoms with Crippen molar-refractivity contribution >= 4 is 13.1 Å². The lowest BCUT2D eigenvalue weighted by atomic mass is 10.2. The quantitative estimate of drug-likeness (QED) is 0.580. The highest BCUT2D eigenvalue weighted by molar-refractivity contribution is 7.61. The van der Waals surface area contributed by atoms with Crippen molar-refractivity contribution in [1.82, 2.24) is 5.09 Å². The molecule has 0 amide bonds. The van der Waals surface area contributed by atoms with Gasteiger partial charge in [0.05, 0.1) is 6.04 Å². The molecule has 2 unspecified atom stereocenters. The molecule has 0 saturated carbocycles. The second kappa shape index (κ2) is 2.48. The van der Waals surface area contributed by atoms with Crippen LogP contribution in [-0.2, 0) is 9.36 Å². The molecular weight excluding hydrogens is 149 g/mol. The minimum absolute atomic E-state index is 0.0968. The van der Waals surface area contributed by atoms with Crippen LogP contribution in [0.2, 0.25) is 0 Å². The standard InChI is InChI=1S/C6H12NO2P/c1-5(8)6-3-4-10(2,9)7-6/h6H,3-4H2,1-2H3,(H,7,9). The first-order valence-corrected chi connectivity index (χ1v) is 5.70. The minimum Gasteiger partial charge on any atom is -0.307 e. The summed E-state index contributed by atoms with van der Waals surface area (Å²) >= 11 is 0. The van der Waals surface area contributed by atoms with Crippen LogP contribution in [0.1, 0.15) is 13.3 Å². The van der Waals surface area contributed by atoms with Crippen LogP contribution in [0.5, 0.6) is 0 Å². The van der Waals surface area contributed by atoms with Crippen LogP contribution in [0.4, 0.5) is 0 Å². The average molecular weight is 161 g/mol. The normalized spacial score (nSPS) is 40.0.